The molecule has 0 radical (unpaired) electrons. The van der Waals surface area contributed by atoms with Crippen molar-refractivity contribution in [3.63, 3.8) is 0 Å². The molecule has 1 atom stereocenters. The van der Waals surface area contributed by atoms with Crippen LogP contribution in [0.25, 0.3) is 0 Å². The van der Waals surface area contributed by atoms with Gasteiger partial charge in [-0.3, -0.25) is 4.79 Å². The molecule has 0 aliphatic carbocycles. The smallest absolute Gasteiger partial charge is 0.250 e. The van der Waals surface area contributed by atoms with Crippen molar-refractivity contribution in [3.8, 4) is 0 Å². The van der Waals surface area contributed by atoms with Crippen LogP contribution in [0.15, 0.2) is 42.5 Å². The molecule has 0 saturated carbocycles. The lowest BCUT2D eigenvalue weighted by Gasteiger charge is -2.19. The Hall–Kier alpha value is -2.56. The van der Waals surface area contributed by atoms with Gasteiger partial charge in [0.1, 0.15) is 5.82 Å². The maximum absolute atomic E-state index is 13.2. The van der Waals surface area contributed by atoms with Crippen LogP contribution in [0, 0.1) is 5.82 Å². The average molecular weight is 273 g/mol. The molecule has 0 fully saturated rings. The van der Waals surface area contributed by atoms with Crippen LogP contribution in [-0.4, -0.2) is 5.91 Å². The monoisotopic (exact) mass is 273 g/mol. The number of carbonyl (C=O) groups is 1. The summed E-state index contributed by atoms with van der Waals surface area (Å²) in [6, 6.07) is 11.2. The summed E-state index contributed by atoms with van der Waals surface area (Å²) < 4.78 is 13.2. The van der Waals surface area contributed by atoms with Crippen molar-refractivity contribution < 1.29 is 9.18 Å². The standard InChI is InChI=1S/C15H16FN3O/c1-9(11-4-2-3-5-13(11)17)19-14-7-6-10(16)8-12(14)15(18)20/h2-9,19H,17H2,1H3,(H2,18,20). The first-order valence-corrected chi connectivity index (χ1v) is 6.19. The maximum atomic E-state index is 13.2. The number of hydrogen-bond donors (Lipinski definition) is 3. The molecule has 104 valence electrons. The van der Waals surface area contributed by atoms with Gasteiger partial charge in [-0.2, -0.15) is 0 Å². The zero-order chi connectivity index (χ0) is 14.7. The Morgan fingerprint density at radius 1 is 1.25 bits per heavy atom. The predicted octanol–water partition coefficient (Wildman–Crippen LogP) is 2.68. The molecule has 20 heavy (non-hydrogen) atoms. The summed E-state index contributed by atoms with van der Waals surface area (Å²) >= 11 is 0. The highest BCUT2D eigenvalue weighted by Gasteiger charge is 2.14. The van der Waals surface area contributed by atoms with Gasteiger partial charge in [-0.05, 0) is 36.8 Å². The maximum Gasteiger partial charge on any atom is 0.250 e. The number of nitrogens with one attached hydrogen (secondary N) is 1. The van der Waals surface area contributed by atoms with Gasteiger partial charge in [-0.1, -0.05) is 18.2 Å². The van der Waals surface area contributed by atoms with E-state index in [2.05, 4.69) is 5.32 Å². The van der Waals surface area contributed by atoms with Crippen molar-refractivity contribution >= 4 is 17.3 Å². The largest absolute Gasteiger partial charge is 0.398 e. The van der Waals surface area contributed by atoms with E-state index in [4.69, 9.17) is 11.5 Å². The lowest BCUT2D eigenvalue weighted by Crippen LogP contribution is -2.17. The van der Waals surface area contributed by atoms with Crippen molar-refractivity contribution in [3.05, 3.63) is 59.4 Å². The molecule has 0 spiro atoms. The number of carbonyl (C=O) groups excluding carboxylic acids is 1. The van der Waals surface area contributed by atoms with Gasteiger partial charge in [0, 0.05) is 11.4 Å². The highest BCUT2D eigenvalue weighted by molar-refractivity contribution is 5.98. The highest BCUT2D eigenvalue weighted by Crippen LogP contribution is 2.26. The molecule has 0 aliphatic heterocycles. The summed E-state index contributed by atoms with van der Waals surface area (Å²) in [5, 5.41) is 3.13. The molecule has 5 heteroatoms. The first-order valence-electron chi connectivity index (χ1n) is 6.19. The zero-order valence-corrected chi connectivity index (χ0v) is 11.1. The Labute approximate surface area is 116 Å². The number of anilines is 2. The first kappa shape index (κ1) is 13.9. The molecular formula is C15H16FN3O. The molecule has 4 nitrogen and oxygen atoms in total. The highest BCUT2D eigenvalue weighted by atomic mass is 19.1. The SMILES string of the molecule is CC(Nc1ccc(F)cc1C(N)=O)c1ccccc1N. The van der Waals surface area contributed by atoms with E-state index in [0.717, 1.165) is 11.6 Å². The first-order chi connectivity index (χ1) is 9.49. The zero-order valence-electron chi connectivity index (χ0n) is 11.1. The van der Waals surface area contributed by atoms with E-state index in [1.165, 1.54) is 12.1 Å². The van der Waals surface area contributed by atoms with Gasteiger partial charge in [0.2, 0.25) is 0 Å². The number of nitrogens with two attached hydrogens (primary N) is 2. The summed E-state index contributed by atoms with van der Waals surface area (Å²) in [6.45, 7) is 1.90. The Balaban J connectivity index is 2.31. The lowest BCUT2D eigenvalue weighted by molar-refractivity contribution is 0.100. The average Bonchev–Trinajstić information content (AvgIpc) is 2.41. The fourth-order valence-corrected chi connectivity index (χ4v) is 2.06. The second-order valence-electron chi connectivity index (χ2n) is 4.55. The van der Waals surface area contributed by atoms with E-state index in [0.29, 0.717) is 11.4 Å². The molecule has 1 amide bonds. The number of rotatable bonds is 4. The molecule has 2 rings (SSSR count). The molecule has 0 saturated heterocycles. The van der Waals surface area contributed by atoms with E-state index in [-0.39, 0.29) is 11.6 Å². The minimum absolute atomic E-state index is 0.117. The van der Waals surface area contributed by atoms with E-state index in [1.807, 2.05) is 25.1 Å². The fraction of sp³-hybridized carbons (Fsp3) is 0.133. The van der Waals surface area contributed by atoms with Gasteiger partial charge >= 0.3 is 0 Å². The van der Waals surface area contributed by atoms with Gasteiger partial charge in [-0.15, -0.1) is 0 Å². The lowest BCUT2D eigenvalue weighted by atomic mass is 10.0. The third kappa shape index (κ3) is 2.88. The van der Waals surface area contributed by atoms with Crippen LogP contribution in [0.4, 0.5) is 15.8 Å². The fourth-order valence-electron chi connectivity index (χ4n) is 2.06. The molecule has 1 unspecified atom stereocenters. The minimum atomic E-state index is -0.680. The van der Waals surface area contributed by atoms with Crippen LogP contribution < -0.4 is 16.8 Å². The molecule has 0 aliphatic rings. The number of benzene rings is 2. The van der Waals surface area contributed by atoms with Crippen molar-refractivity contribution in [1.82, 2.24) is 0 Å². The summed E-state index contributed by atoms with van der Waals surface area (Å²) in [6.07, 6.45) is 0. The molecule has 5 N–H and O–H groups in total. The van der Waals surface area contributed by atoms with Crippen LogP contribution in [0.5, 0.6) is 0 Å². The number of amides is 1. The summed E-state index contributed by atoms with van der Waals surface area (Å²) in [5.74, 6) is -1.18. The molecule has 0 heterocycles. The van der Waals surface area contributed by atoms with E-state index >= 15 is 0 Å². The van der Waals surface area contributed by atoms with E-state index in [9.17, 15) is 9.18 Å². The van der Waals surface area contributed by atoms with Gasteiger partial charge in [0.25, 0.3) is 5.91 Å². The van der Waals surface area contributed by atoms with Crippen molar-refractivity contribution in [2.45, 2.75) is 13.0 Å². The minimum Gasteiger partial charge on any atom is -0.398 e. The summed E-state index contributed by atoms with van der Waals surface area (Å²) in [5.41, 5.74) is 13.3. The topological polar surface area (TPSA) is 81.1 Å². The number of nitrogen functional groups attached to an aromatic ring is 1. The van der Waals surface area contributed by atoms with E-state index < -0.39 is 11.7 Å². The quantitative estimate of drug-likeness (QED) is 0.749. The third-order valence-corrected chi connectivity index (χ3v) is 3.08. The number of halogens is 1. The summed E-state index contributed by atoms with van der Waals surface area (Å²) in [4.78, 5) is 11.3. The van der Waals surface area contributed by atoms with Crippen molar-refractivity contribution in [2.75, 3.05) is 11.1 Å². The number of hydrogen-bond acceptors (Lipinski definition) is 3. The van der Waals surface area contributed by atoms with Crippen molar-refractivity contribution in [1.29, 1.82) is 0 Å². The number of primary amides is 1. The van der Waals surface area contributed by atoms with Gasteiger partial charge in [0.15, 0.2) is 0 Å². The van der Waals surface area contributed by atoms with Crippen LogP contribution in [0.2, 0.25) is 0 Å². The second kappa shape index (κ2) is 5.61. The molecule has 0 bridgehead atoms. The van der Waals surface area contributed by atoms with Gasteiger partial charge in [-0.25, -0.2) is 4.39 Å². The Morgan fingerprint density at radius 3 is 2.60 bits per heavy atom. The van der Waals surface area contributed by atoms with Crippen LogP contribution >= 0.6 is 0 Å². The molecule has 2 aromatic carbocycles. The summed E-state index contributed by atoms with van der Waals surface area (Å²) in [7, 11) is 0. The predicted molar refractivity (Wildman–Crippen MR) is 77.8 cm³/mol. The van der Waals surface area contributed by atoms with Crippen molar-refractivity contribution in [2.24, 2.45) is 5.73 Å². The van der Waals surface area contributed by atoms with Crippen LogP contribution in [0.3, 0.4) is 0 Å². The Morgan fingerprint density at radius 2 is 1.95 bits per heavy atom. The number of para-hydroxylation sites is 1. The van der Waals surface area contributed by atoms with E-state index in [1.54, 1.807) is 6.07 Å². The van der Waals surface area contributed by atoms with Gasteiger partial charge in [0.05, 0.1) is 11.6 Å². The van der Waals surface area contributed by atoms with Crippen LogP contribution in [-0.2, 0) is 0 Å². The molecule has 0 aromatic heterocycles. The molecular weight excluding hydrogens is 257 g/mol. The second-order valence-corrected chi connectivity index (χ2v) is 4.55. The normalized spacial score (nSPS) is 11.9. The molecule has 2 aromatic rings. The van der Waals surface area contributed by atoms with Gasteiger partial charge < -0.3 is 16.8 Å². The third-order valence-electron chi connectivity index (χ3n) is 3.08. The Kier molecular flexibility index (Phi) is 3.89. The van der Waals surface area contributed by atoms with Crippen LogP contribution in [0.1, 0.15) is 28.9 Å². The Bertz CT molecular complexity index is 643.